The van der Waals surface area contributed by atoms with Gasteiger partial charge in [0.25, 0.3) is 10.0 Å². The molecule has 1 heterocycles. The molecule has 0 amide bonds. The van der Waals surface area contributed by atoms with E-state index in [2.05, 4.69) is 14.7 Å². The summed E-state index contributed by atoms with van der Waals surface area (Å²) in [5.41, 5.74) is 5.45. The van der Waals surface area contributed by atoms with Crippen LogP contribution in [0.15, 0.2) is 11.2 Å². The van der Waals surface area contributed by atoms with Crippen LogP contribution in [0.2, 0.25) is 0 Å². The van der Waals surface area contributed by atoms with Crippen LogP contribution < -0.4 is 10.5 Å². The van der Waals surface area contributed by atoms with Crippen LogP contribution >= 0.6 is 0 Å². The minimum absolute atomic E-state index is 0.0938. The maximum Gasteiger partial charge on any atom is 0.257 e. The zero-order valence-corrected chi connectivity index (χ0v) is 10.3. The maximum absolute atomic E-state index is 11.9. The molecule has 1 aromatic rings. The fourth-order valence-electron chi connectivity index (χ4n) is 1.24. The number of nitrogens with zero attached hydrogens (tertiary/aromatic N) is 1. The number of aromatic amines is 1. The number of rotatable bonds is 6. The van der Waals surface area contributed by atoms with E-state index in [0.717, 1.165) is 0 Å². The molecule has 0 aliphatic rings. The van der Waals surface area contributed by atoms with Gasteiger partial charge in [0.05, 0.1) is 6.20 Å². The number of nitrogens with two attached hydrogens (primary N) is 1. The summed E-state index contributed by atoms with van der Waals surface area (Å²) in [6.45, 7) is 4.06. The average Bonchev–Trinajstić information content (AvgIpc) is 2.75. The first-order chi connectivity index (χ1) is 7.53. The van der Waals surface area contributed by atoms with Gasteiger partial charge >= 0.3 is 0 Å². The van der Waals surface area contributed by atoms with Crippen LogP contribution in [0.5, 0.6) is 0 Å². The average molecular weight is 246 g/mol. The standard InChI is InChI=1S/C9H18N4O2S/c1-3-7(5-10)13-16(14,15)9-6-11-8(4-2)12-9/h6-7,13H,3-5,10H2,1-2H3,(H,11,12). The molecule has 0 spiro atoms. The summed E-state index contributed by atoms with van der Waals surface area (Å²) in [7, 11) is -3.52. The molecule has 0 saturated carbocycles. The van der Waals surface area contributed by atoms with Crippen molar-refractivity contribution < 1.29 is 8.42 Å². The third kappa shape index (κ3) is 3.03. The van der Waals surface area contributed by atoms with Crippen molar-refractivity contribution >= 4 is 10.0 Å². The molecule has 0 fully saturated rings. The van der Waals surface area contributed by atoms with E-state index in [9.17, 15) is 8.42 Å². The van der Waals surface area contributed by atoms with E-state index < -0.39 is 10.0 Å². The van der Waals surface area contributed by atoms with Gasteiger partial charge in [-0.25, -0.2) is 18.1 Å². The fourth-order valence-corrected chi connectivity index (χ4v) is 2.51. The Morgan fingerprint density at radius 3 is 2.69 bits per heavy atom. The van der Waals surface area contributed by atoms with Crippen LogP contribution in [-0.2, 0) is 16.4 Å². The van der Waals surface area contributed by atoms with Crippen LogP contribution in [-0.4, -0.2) is 31.0 Å². The molecule has 0 aromatic carbocycles. The smallest absolute Gasteiger partial charge is 0.257 e. The van der Waals surface area contributed by atoms with Crippen LogP contribution in [0.25, 0.3) is 0 Å². The first-order valence-electron chi connectivity index (χ1n) is 5.29. The van der Waals surface area contributed by atoms with E-state index >= 15 is 0 Å². The van der Waals surface area contributed by atoms with E-state index in [1.165, 1.54) is 6.20 Å². The van der Waals surface area contributed by atoms with Crippen molar-refractivity contribution in [3.8, 4) is 0 Å². The predicted molar refractivity (Wildman–Crippen MR) is 61.4 cm³/mol. The van der Waals surface area contributed by atoms with Crippen molar-refractivity contribution in [2.75, 3.05) is 6.54 Å². The van der Waals surface area contributed by atoms with Gasteiger partial charge < -0.3 is 10.7 Å². The van der Waals surface area contributed by atoms with Gasteiger partial charge in [0.1, 0.15) is 5.82 Å². The van der Waals surface area contributed by atoms with Crippen LogP contribution in [0.3, 0.4) is 0 Å². The van der Waals surface area contributed by atoms with Crippen LogP contribution in [0.1, 0.15) is 26.1 Å². The third-order valence-electron chi connectivity index (χ3n) is 2.33. The van der Waals surface area contributed by atoms with Crippen molar-refractivity contribution in [1.29, 1.82) is 0 Å². The monoisotopic (exact) mass is 246 g/mol. The molecule has 0 bridgehead atoms. The first-order valence-corrected chi connectivity index (χ1v) is 6.78. The molecular weight excluding hydrogens is 228 g/mol. The second-order valence-corrected chi connectivity index (χ2v) is 5.19. The fraction of sp³-hybridized carbons (Fsp3) is 0.667. The number of nitrogens with one attached hydrogen (secondary N) is 2. The quantitative estimate of drug-likeness (QED) is 0.657. The van der Waals surface area contributed by atoms with Gasteiger partial charge in [-0.05, 0) is 6.42 Å². The Kier molecular flexibility index (Phi) is 4.45. The highest BCUT2D eigenvalue weighted by molar-refractivity contribution is 7.89. The Hall–Kier alpha value is -0.920. The minimum atomic E-state index is -3.52. The SMILES string of the molecule is CCc1ncc(S(=O)(=O)NC(CC)CN)[nH]1. The summed E-state index contributed by atoms with van der Waals surface area (Å²) >= 11 is 0. The third-order valence-corrected chi connectivity index (χ3v) is 3.76. The normalized spacial score (nSPS) is 13.9. The van der Waals surface area contributed by atoms with E-state index in [1.54, 1.807) is 0 Å². The van der Waals surface area contributed by atoms with Crippen LogP contribution in [0, 0.1) is 0 Å². The number of sulfonamides is 1. The first kappa shape index (κ1) is 13.1. The molecule has 16 heavy (non-hydrogen) atoms. The summed E-state index contributed by atoms with van der Waals surface area (Å²) in [4.78, 5) is 6.71. The van der Waals surface area contributed by atoms with Gasteiger partial charge in [0, 0.05) is 19.0 Å². The lowest BCUT2D eigenvalue weighted by Gasteiger charge is -2.13. The number of aromatic nitrogens is 2. The van der Waals surface area contributed by atoms with E-state index in [0.29, 0.717) is 18.7 Å². The Morgan fingerprint density at radius 1 is 1.56 bits per heavy atom. The number of imidazole rings is 1. The molecule has 4 N–H and O–H groups in total. The van der Waals surface area contributed by atoms with E-state index in [-0.39, 0.29) is 17.6 Å². The molecule has 6 nitrogen and oxygen atoms in total. The molecule has 0 saturated heterocycles. The van der Waals surface area contributed by atoms with Gasteiger partial charge in [-0.1, -0.05) is 13.8 Å². The van der Waals surface area contributed by atoms with Crippen molar-refractivity contribution in [1.82, 2.24) is 14.7 Å². The summed E-state index contributed by atoms with van der Waals surface area (Å²) in [5.74, 6) is 0.654. The number of hydrogen-bond acceptors (Lipinski definition) is 4. The second kappa shape index (κ2) is 5.42. The van der Waals surface area contributed by atoms with Gasteiger partial charge in [0.2, 0.25) is 0 Å². The lowest BCUT2D eigenvalue weighted by Crippen LogP contribution is -2.39. The molecule has 92 valence electrons. The largest absolute Gasteiger partial charge is 0.332 e. The lowest BCUT2D eigenvalue weighted by molar-refractivity contribution is 0.540. The lowest BCUT2D eigenvalue weighted by atomic mass is 10.2. The predicted octanol–water partition coefficient (Wildman–Crippen LogP) is -0.0123. The topological polar surface area (TPSA) is 101 Å². The Bertz CT molecular complexity index is 422. The minimum Gasteiger partial charge on any atom is -0.332 e. The summed E-state index contributed by atoms with van der Waals surface area (Å²) < 4.78 is 26.2. The molecule has 1 aromatic heterocycles. The zero-order valence-electron chi connectivity index (χ0n) is 9.53. The van der Waals surface area contributed by atoms with Gasteiger partial charge in [0.15, 0.2) is 5.03 Å². The van der Waals surface area contributed by atoms with Gasteiger partial charge in [-0.15, -0.1) is 0 Å². The Labute approximate surface area is 95.7 Å². The van der Waals surface area contributed by atoms with E-state index in [1.807, 2.05) is 13.8 Å². The van der Waals surface area contributed by atoms with Gasteiger partial charge in [-0.2, -0.15) is 0 Å². The summed E-state index contributed by atoms with van der Waals surface area (Å²) in [6.07, 6.45) is 2.65. The molecule has 0 aliphatic carbocycles. The van der Waals surface area contributed by atoms with Gasteiger partial charge in [-0.3, -0.25) is 0 Å². The second-order valence-electron chi connectivity index (χ2n) is 3.51. The molecular formula is C9H18N4O2S. The molecule has 1 unspecified atom stereocenters. The molecule has 1 rings (SSSR count). The molecule has 0 radical (unpaired) electrons. The van der Waals surface area contributed by atoms with Crippen molar-refractivity contribution in [2.45, 2.75) is 37.8 Å². The van der Waals surface area contributed by atoms with E-state index in [4.69, 9.17) is 5.73 Å². The summed E-state index contributed by atoms with van der Waals surface area (Å²) in [5, 5.41) is 0.0938. The highest BCUT2D eigenvalue weighted by atomic mass is 32.2. The van der Waals surface area contributed by atoms with Crippen molar-refractivity contribution in [2.24, 2.45) is 5.73 Å². The van der Waals surface area contributed by atoms with Crippen molar-refractivity contribution in [3.63, 3.8) is 0 Å². The summed E-state index contributed by atoms with van der Waals surface area (Å²) in [6, 6.07) is -0.238. The Balaban J connectivity index is 2.85. The number of hydrogen-bond donors (Lipinski definition) is 3. The van der Waals surface area contributed by atoms with Crippen LogP contribution in [0.4, 0.5) is 0 Å². The number of H-pyrrole nitrogens is 1. The Morgan fingerprint density at radius 2 is 2.25 bits per heavy atom. The maximum atomic E-state index is 11.9. The zero-order chi connectivity index (χ0) is 12.2. The van der Waals surface area contributed by atoms with Crippen molar-refractivity contribution in [3.05, 3.63) is 12.0 Å². The highest BCUT2D eigenvalue weighted by Gasteiger charge is 2.20. The molecule has 1 atom stereocenters. The number of aryl methyl sites for hydroxylation is 1. The molecule has 7 heteroatoms. The highest BCUT2D eigenvalue weighted by Crippen LogP contribution is 2.07. The molecule has 0 aliphatic heterocycles.